The zero-order chi connectivity index (χ0) is 14.5. The minimum absolute atomic E-state index is 0.306. The van der Waals surface area contributed by atoms with Gasteiger partial charge in [-0.1, -0.05) is 29.8 Å². The van der Waals surface area contributed by atoms with E-state index in [-0.39, 0.29) is 0 Å². The number of hydrogen-bond donors (Lipinski definition) is 0. The van der Waals surface area contributed by atoms with E-state index in [2.05, 4.69) is 22.9 Å². The van der Waals surface area contributed by atoms with Gasteiger partial charge >= 0.3 is 0 Å². The van der Waals surface area contributed by atoms with E-state index >= 15 is 0 Å². The summed E-state index contributed by atoms with van der Waals surface area (Å²) in [5.74, 6) is 1.84. The third-order valence-corrected chi connectivity index (χ3v) is 3.67. The van der Waals surface area contributed by atoms with Gasteiger partial charge in [-0.2, -0.15) is 0 Å². The average Bonchev–Trinajstić information content (AvgIpc) is 2.48. The zero-order valence-electron chi connectivity index (χ0n) is 12.0. The Labute approximate surface area is 125 Å². The molecule has 0 aliphatic carbocycles. The molecule has 0 saturated heterocycles. The summed E-state index contributed by atoms with van der Waals surface area (Å²) in [5.41, 5.74) is 1.20. The fourth-order valence-electron chi connectivity index (χ4n) is 2.13. The SMILES string of the molecule is COc1ccccc1CC(C)N(C)c1ccc(Cl)cn1. The van der Waals surface area contributed by atoms with E-state index in [1.165, 1.54) is 5.56 Å². The molecule has 1 atom stereocenters. The third-order valence-electron chi connectivity index (χ3n) is 3.44. The molecular formula is C16H19ClN2O. The summed E-state index contributed by atoms with van der Waals surface area (Å²) in [6.45, 7) is 2.17. The van der Waals surface area contributed by atoms with Crippen LogP contribution in [-0.2, 0) is 6.42 Å². The fraction of sp³-hybridized carbons (Fsp3) is 0.312. The summed E-state index contributed by atoms with van der Waals surface area (Å²) in [7, 11) is 3.74. The summed E-state index contributed by atoms with van der Waals surface area (Å²) in [6, 6.07) is 12.2. The van der Waals surface area contributed by atoms with Crippen molar-refractivity contribution in [1.29, 1.82) is 0 Å². The highest BCUT2D eigenvalue weighted by Crippen LogP contribution is 2.22. The van der Waals surface area contributed by atoms with Gasteiger partial charge in [0.1, 0.15) is 11.6 Å². The van der Waals surface area contributed by atoms with E-state index in [0.29, 0.717) is 11.1 Å². The fourth-order valence-corrected chi connectivity index (χ4v) is 2.24. The van der Waals surface area contributed by atoms with Crippen molar-refractivity contribution >= 4 is 17.4 Å². The number of benzene rings is 1. The van der Waals surface area contributed by atoms with Crippen LogP contribution < -0.4 is 9.64 Å². The van der Waals surface area contributed by atoms with Gasteiger partial charge in [-0.3, -0.25) is 0 Å². The van der Waals surface area contributed by atoms with Crippen molar-refractivity contribution in [2.45, 2.75) is 19.4 Å². The monoisotopic (exact) mass is 290 g/mol. The molecule has 0 radical (unpaired) electrons. The molecule has 0 N–H and O–H groups in total. The zero-order valence-corrected chi connectivity index (χ0v) is 12.8. The molecule has 20 heavy (non-hydrogen) atoms. The molecule has 0 aliphatic heterocycles. The first-order chi connectivity index (χ1) is 9.61. The highest BCUT2D eigenvalue weighted by molar-refractivity contribution is 6.30. The first kappa shape index (κ1) is 14.7. The van der Waals surface area contributed by atoms with Crippen molar-refractivity contribution in [3.63, 3.8) is 0 Å². The highest BCUT2D eigenvalue weighted by Gasteiger charge is 2.14. The van der Waals surface area contributed by atoms with Crippen LogP contribution in [0, 0.1) is 0 Å². The Bertz CT molecular complexity index is 557. The molecule has 1 aromatic heterocycles. The Hall–Kier alpha value is -1.74. The Kier molecular flexibility index (Phi) is 4.85. The maximum absolute atomic E-state index is 5.87. The minimum Gasteiger partial charge on any atom is -0.496 e. The van der Waals surface area contributed by atoms with Crippen LogP contribution in [0.5, 0.6) is 5.75 Å². The number of halogens is 1. The van der Waals surface area contributed by atoms with Gasteiger partial charge in [0.25, 0.3) is 0 Å². The van der Waals surface area contributed by atoms with Crippen LogP contribution in [-0.4, -0.2) is 25.2 Å². The molecule has 1 aromatic carbocycles. The maximum Gasteiger partial charge on any atom is 0.128 e. The molecule has 1 heterocycles. The molecule has 0 spiro atoms. The Morgan fingerprint density at radius 1 is 1.25 bits per heavy atom. The predicted molar refractivity (Wildman–Crippen MR) is 83.8 cm³/mol. The van der Waals surface area contributed by atoms with Crippen molar-refractivity contribution < 1.29 is 4.74 Å². The summed E-state index contributed by atoms with van der Waals surface area (Å²) in [6.07, 6.45) is 2.56. The molecule has 0 bridgehead atoms. The highest BCUT2D eigenvalue weighted by atomic mass is 35.5. The van der Waals surface area contributed by atoms with Crippen molar-refractivity contribution in [3.8, 4) is 5.75 Å². The molecule has 0 fully saturated rings. The van der Waals surface area contributed by atoms with E-state index in [1.807, 2.05) is 37.4 Å². The molecule has 106 valence electrons. The quantitative estimate of drug-likeness (QED) is 0.837. The van der Waals surface area contributed by atoms with E-state index in [1.54, 1.807) is 13.3 Å². The molecule has 3 nitrogen and oxygen atoms in total. The smallest absolute Gasteiger partial charge is 0.128 e. The minimum atomic E-state index is 0.306. The van der Waals surface area contributed by atoms with Crippen LogP contribution in [0.15, 0.2) is 42.6 Å². The van der Waals surface area contributed by atoms with Crippen molar-refractivity contribution in [2.24, 2.45) is 0 Å². The molecule has 0 saturated carbocycles. The second-order valence-corrected chi connectivity index (χ2v) is 5.25. The largest absolute Gasteiger partial charge is 0.496 e. The van der Waals surface area contributed by atoms with E-state index in [4.69, 9.17) is 16.3 Å². The normalized spacial score (nSPS) is 12.0. The lowest BCUT2D eigenvalue weighted by Crippen LogP contribution is -2.31. The van der Waals surface area contributed by atoms with Crippen LogP contribution in [0.1, 0.15) is 12.5 Å². The van der Waals surface area contributed by atoms with Crippen LogP contribution in [0.4, 0.5) is 5.82 Å². The van der Waals surface area contributed by atoms with Gasteiger partial charge in [0.15, 0.2) is 0 Å². The number of likely N-dealkylation sites (N-methyl/N-ethyl adjacent to an activating group) is 1. The lowest BCUT2D eigenvalue weighted by molar-refractivity contribution is 0.408. The molecular weight excluding hydrogens is 272 g/mol. The van der Waals surface area contributed by atoms with Crippen molar-refractivity contribution in [1.82, 2.24) is 4.98 Å². The maximum atomic E-state index is 5.87. The number of para-hydroxylation sites is 1. The van der Waals surface area contributed by atoms with Crippen LogP contribution in [0.3, 0.4) is 0 Å². The van der Waals surface area contributed by atoms with Crippen LogP contribution >= 0.6 is 11.6 Å². The molecule has 4 heteroatoms. The van der Waals surface area contributed by atoms with Crippen LogP contribution in [0.25, 0.3) is 0 Å². The van der Waals surface area contributed by atoms with Gasteiger partial charge < -0.3 is 9.64 Å². The predicted octanol–water partition coefficient (Wildman–Crippen LogP) is 3.81. The third kappa shape index (κ3) is 3.42. The van der Waals surface area contributed by atoms with Gasteiger partial charge in [0.2, 0.25) is 0 Å². The summed E-state index contributed by atoms with van der Waals surface area (Å²) >= 11 is 5.87. The molecule has 1 unspecified atom stereocenters. The van der Waals surface area contributed by atoms with Gasteiger partial charge in [-0.15, -0.1) is 0 Å². The Morgan fingerprint density at radius 3 is 2.65 bits per heavy atom. The summed E-state index contributed by atoms with van der Waals surface area (Å²) < 4.78 is 5.40. The van der Waals surface area contributed by atoms with E-state index < -0.39 is 0 Å². The van der Waals surface area contributed by atoms with E-state index in [0.717, 1.165) is 18.0 Å². The number of aromatic nitrogens is 1. The summed E-state index contributed by atoms with van der Waals surface area (Å²) in [5, 5.41) is 0.652. The van der Waals surface area contributed by atoms with Gasteiger partial charge in [-0.25, -0.2) is 4.98 Å². The van der Waals surface area contributed by atoms with Crippen molar-refractivity contribution in [3.05, 3.63) is 53.2 Å². The van der Waals surface area contributed by atoms with Crippen LogP contribution in [0.2, 0.25) is 5.02 Å². The number of hydrogen-bond acceptors (Lipinski definition) is 3. The average molecular weight is 291 g/mol. The second-order valence-electron chi connectivity index (χ2n) is 4.81. The van der Waals surface area contributed by atoms with Gasteiger partial charge in [-0.05, 0) is 37.1 Å². The van der Waals surface area contributed by atoms with Crippen molar-refractivity contribution in [2.75, 3.05) is 19.1 Å². The first-order valence-corrected chi connectivity index (χ1v) is 6.96. The van der Waals surface area contributed by atoms with Gasteiger partial charge in [0.05, 0.1) is 12.1 Å². The van der Waals surface area contributed by atoms with E-state index in [9.17, 15) is 0 Å². The second kappa shape index (κ2) is 6.62. The number of nitrogens with zero attached hydrogens (tertiary/aromatic N) is 2. The van der Waals surface area contributed by atoms with Gasteiger partial charge in [0, 0.05) is 19.3 Å². The Balaban J connectivity index is 2.11. The number of anilines is 1. The molecule has 0 amide bonds. The topological polar surface area (TPSA) is 25.4 Å². The standard InChI is InChI=1S/C16H19ClN2O/c1-12(10-13-6-4-5-7-15(13)20-3)19(2)16-9-8-14(17)11-18-16/h4-9,11-12H,10H2,1-3H3. The molecule has 2 rings (SSSR count). The number of rotatable bonds is 5. The number of pyridine rings is 1. The lowest BCUT2D eigenvalue weighted by atomic mass is 10.1. The number of ether oxygens (including phenoxy) is 1. The first-order valence-electron chi connectivity index (χ1n) is 6.58. The Morgan fingerprint density at radius 2 is 2.00 bits per heavy atom. The molecule has 2 aromatic rings. The summed E-state index contributed by atoms with van der Waals surface area (Å²) in [4.78, 5) is 6.49. The molecule has 0 aliphatic rings. The number of methoxy groups -OCH3 is 1. The lowest BCUT2D eigenvalue weighted by Gasteiger charge is -2.26.